The van der Waals surface area contributed by atoms with Gasteiger partial charge in [-0.15, -0.1) is 0 Å². The van der Waals surface area contributed by atoms with Gasteiger partial charge in [-0.05, 0) is 19.3 Å². The van der Waals surface area contributed by atoms with Crippen LogP contribution in [-0.4, -0.2) is 34.5 Å². The molecule has 4 heteroatoms. The fourth-order valence-electron chi connectivity index (χ4n) is 4.26. The lowest BCUT2D eigenvalue weighted by molar-refractivity contribution is -0.157. The molecule has 2 aliphatic carbocycles. The van der Waals surface area contributed by atoms with Crippen molar-refractivity contribution >= 4 is 5.97 Å². The maximum Gasteiger partial charge on any atom is 0.334 e. The lowest BCUT2D eigenvalue weighted by Gasteiger charge is -2.54. The van der Waals surface area contributed by atoms with E-state index in [4.69, 9.17) is 4.74 Å². The van der Waals surface area contributed by atoms with Crippen molar-refractivity contribution in [2.24, 2.45) is 17.3 Å². The molecule has 0 aromatic rings. The number of esters is 1. The molecule has 1 saturated heterocycles. The zero-order valence-corrected chi connectivity index (χ0v) is 11.1. The fraction of sp³-hybridized carbons (Fsp3) is 0.667. The Morgan fingerprint density at radius 3 is 2.74 bits per heavy atom. The molecule has 3 rings (SSSR count). The third-order valence-corrected chi connectivity index (χ3v) is 5.32. The standard InChI is InChI=1S/C15H20O4/c1-7-4-5-10(16)15(3)6-9-11(13(17)12(7)15)8(2)14(18)19-9/h9-13,16-17H,1-2,4-6H2,3H3/t9-,10+,11+,12+,13-,15+/m1/s1. The Hall–Kier alpha value is -1.13. The molecule has 1 heterocycles. The summed E-state index contributed by atoms with van der Waals surface area (Å²) in [4.78, 5) is 11.6. The summed E-state index contributed by atoms with van der Waals surface area (Å²) in [6, 6.07) is 0. The molecule has 6 atom stereocenters. The normalized spacial score (nSPS) is 49.6. The third-order valence-electron chi connectivity index (χ3n) is 5.32. The van der Waals surface area contributed by atoms with E-state index in [1.165, 1.54) is 0 Å². The maximum atomic E-state index is 11.6. The average molecular weight is 264 g/mol. The highest BCUT2D eigenvalue weighted by Crippen LogP contribution is 2.56. The van der Waals surface area contributed by atoms with E-state index in [0.29, 0.717) is 18.4 Å². The van der Waals surface area contributed by atoms with E-state index in [1.54, 1.807) is 0 Å². The fourth-order valence-corrected chi connectivity index (χ4v) is 4.26. The summed E-state index contributed by atoms with van der Waals surface area (Å²) in [6.07, 6.45) is 0.333. The molecule has 0 bridgehead atoms. The van der Waals surface area contributed by atoms with Crippen molar-refractivity contribution in [3.8, 4) is 0 Å². The van der Waals surface area contributed by atoms with Gasteiger partial charge in [-0.1, -0.05) is 25.7 Å². The quantitative estimate of drug-likeness (QED) is 0.392. The molecule has 19 heavy (non-hydrogen) atoms. The van der Waals surface area contributed by atoms with Gasteiger partial charge in [-0.3, -0.25) is 0 Å². The lowest BCUT2D eigenvalue weighted by Crippen LogP contribution is -2.57. The van der Waals surface area contributed by atoms with Crippen molar-refractivity contribution in [2.45, 2.75) is 44.5 Å². The van der Waals surface area contributed by atoms with E-state index in [0.717, 1.165) is 12.0 Å². The van der Waals surface area contributed by atoms with Crippen LogP contribution in [0.2, 0.25) is 0 Å². The third kappa shape index (κ3) is 1.56. The molecule has 3 aliphatic rings. The van der Waals surface area contributed by atoms with Crippen LogP contribution in [0.25, 0.3) is 0 Å². The van der Waals surface area contributed by atoms with Crippen molar-refractivity contribution in [1.82, 2.24) is 0 Å². The van der Waals surface area contributed by atoms with E-state index in [2.05, 4.69) is 13.2 Å². The highest BCUT2D eigenvalue weighted by molar-refractivity contribution is 5.91. The zero-order chi connectivity index (χ0) is 13.9. The van der Waals surface area contributed by atoms with Crippen LogP contribution in [0.1, 0.15) is 26.2 Å². The summed E-state index contributed by atoms with van der Waals surface area (Å²) in [5, 5.41) is 21.0. The minimum absolute atomic E-state index is 0.191. The van der Waals surface area contributed by atoms with Gasteiger partial charge in [0.05, 0.1) is 18.1 Å². The van der Waals surface area contributed by atoms with Gasteiger partial charge >= 0.3 is 5.97 Å². The summed E-state index contributed by atoms with van der Waals surface area (Å²) in [5.41, 5.74) is 0.846. The average Bonchev–Trinajstić information content (AvgIpc) is 2.60. The van der Waals surface area contributed by atoms with Crippen LogP contribution >= 0.6 is 0 Å². The molecular formula is C15H20O4. The zero-order valence-electron chi connectivity index (χ0n) is 11.1. The van der Waals surface area contributed by atoms with E-state index in [1.807, 2.05) is 6.92 Å². The summed E-state index contributed by atoms with van der Waals surface area (Å²) in [7, 11) is 0. The summed E-state index contributed by atoms with van der Waals surface area (Å²) < 4.78 is 5.31. The minimum atomic E-state index is -0.745. The van der Waals surface area contributed by atoms with Gasteiger partial charge < -0.3 is 14.9 Å². The Kier molecular flexibility index (Phi) is 2.67. The van der Waals surface area contributed by atoms with Crippen LogP contribution in [0.5, 0.6) is 0 Å². The molecule has 2 saturated carbocycles. The molecule has 2 N–H and O–H groups in total. The molecule has 3 fully saturated rings. The number of ether oxygens (including phenoxy) is 1. The van der Waals surface area contributed by atoms with Crippen LogP contribution < -0.4 is 0 Å². The van der Waals surface area contributed by atoms with Crippen LogP contribution in [0, 0.1) is 17.3 Å². The Balaban J connectivity index is 2.02. The number of carbonyl (C=O) groups excluding carboxylic acids is 1. The van der Waals surface area contributed by atoms with E-state index in [-0.39, 0.29) is 17.9 Å². The van der Waals surface area contributed by atoms with Gasteiger partial charge in [0.25, 0.3) is 0 Å². The Labute approximate surface area is 112 Å². The van der Waals surface area contributed by atoms with Gasteiger partial charge in [0, 0.05) is 16.9 Å². The van der Waals surface area contributed by atoms with Crippen molar-refractivity contribution in [3.05, 3.63) is 24.3 Å². The van der Waals surface area contributed by atoms with Crippen molar-refractivity contribution in [1.29, 1.82) is 0 Å². The molecule has 0 aromatic heterocycles. The van der Waals surface area contributed by atoms with Crippen LogP contribution in [0.15, 0.2) is 24.3 Å². The lowest BCUT2D eigenvalue weighted by atomic mass is 9.53. The number of aliphatic hydroxyl groups excluding tert-OH is 2. The van der Waals surface area contributed by atoms with Gasteiger partial charge in [-0.2, -0.15) is 0 Å². The molecule has 104 valence electrons. The number of fused-ring (bicyclic) bond motifs is 2. The summed E-state index contributed by atoms with van der Waals surface area (Å²) in [5.74, 6) is -0.965. The molecule has 0 amide bonds. The largest absolute Gasteiger partial charge is 0.458 e. The van der Waals surface area contributed by atoms with Gasteiger partial charge in [0.1, 0.15) is 6.10 Å². The highest BCUT2D eigenvalue weighted by Gasteiger charge is 2.60. The van der Waals surface area contributed by atoms with Crippen LogP contribution in [0.3, 0.4) is 0 Å². The topological polar surface area (TPSA) is 66.8 Å². The first-order valence-electron chi connectivity index (χ1n) is 6.80. The summed E-state index contributed by atoms with van der Waals surface area (Å²) in [6.45, 7) is 9.77. The Bertz CT molecular complexity index is 469. The first-order valence-corrected chi connectivity index (χ1v) is 6.80. The number of carbonyl (C=O) groups is 1. The monoisotopic (exact) mass is 264 g/mol. The van der Waals surface area contributed by atoms with E-state index >= 15 is 0 Å². The first-order chi connectivity index (χ1) is 8.86. The molecule has 0 spiro atoms. The van der Waals surface area contributed by atoms with Gasteiger partial charge in [0.15, 0.2) is 0 Å². The second kappa shape index (κ2) is 3.93. The highest BCUT2D eigenvalue weighted by atomic mass is 16.6. The summed E-state index contributed by atoms with van der Waals surface area (Å²) >= 11 is 0. The second-order valence-corrected chi connectivity index (χ2v) is 6.39. The van der Waals surface area contributed by atoms with Crippen LogP contribution in [-0.2, 0) is 9.53 Å². The smallest absolute Gasteiger partial charge is 0.334 e. The van der Waals surface area contributed by atoms with Crippen molar-refractivity contribution in [2.75, 3.05) is 0 Å². The molecular weight excluding hydrogens is 244 g/mol. The first kappa shape index (κ1) is 12.9. The number of hydrogen-bond acceptors (Lipinski definition) is 4. The molecule has 0 unspecified atom stereocenters. The SMILES string of the molecule is C=C1C(=O)O[C@@H]2C[C@@]3(C)[C@@H](O)CCC(=C)[C@H]3[C@H](O)[C@@H]12. The van der Waals surface area contributed by atoms with Crippen molar-refractivity contribution < 1.29 is 19.7 Å². The van der Waals surface area contributed by atoms with Gasteiger partial charge in [0.2, 0.25) is 0 Å². The molecule has 4 nitrogen and oxygen atoms in total. The molecule has 1 aliphatic heterocycles. The second-order valence-electron chi connectivity index (χ2n) is 6.39. The number of hydrogen-bond donors (Lipinski definition) is 2. The number of aliphatic hydroxyl groups is 2. The molecule has 0 radical (unpaired) electrons. The predicted molar refractivity (Wildman–Crippen MR) is 69.1 cm³/mol. The maximum absolute atomic E-state index is 11.6. The minimum Gasteiger partial charge on any atom is -0.458 e. The predicted octanol–water partition coefficient (Wildman–Crippen LogP) is 1.18. The number of rotatable bonds is 0. The van der Waals surface area contributed by atoms with E-state index < -0.39 is 23.6 Å². The van der Waals surface area contributed by atoms with Gasteiger partial charge in [-0.25, -0.2) is 4.79 Å². The van der Waals surface area contributed by atoms with Crippen LogP contribution in [0.4, 0.5) is 0 Å². The molecule has 0 aromatic carbocycles. The Morgan fingerprint density at radius 2 is 2.05 bits per heavy atom. The van der Waals surface area contributed by atoms with E-state index in [9.17, 15) is 15.0 Å². The Morgan fingerprint density at radius 1 is 1.37 bits per heavy atom. The van der Waals surface area contributed by atoms with Crippen molar-refractivity contribution in [3.63, 3.8) is 0 Å².